The number of aliphatic hydroxyl groups is 2. The van der Waals surface area contributed by atoms with E-state index in [1.807, 2.05) is 0 Å². The van der Waals surface area contributed by atoms with Crippen LogP contribution in [-0.2, 0) is 28.7 Å². The summed E-state index contributed by atoms with van der Waals surface area (Å²) in [4.78, 5) is 59.7. The number of hydrogen-bond donors (Lipinski definition) is 9. The number of primary amides is 1. The van der Waals surface area contributed by atoms with Gasteiger partial charge in [-0.15, -0.1) is 0 Å². The highest BCUT2D eigenvalue weighted by molar-refractivity contribution is 5.92. The molecule has 0 fully saturated rings. The van der Waals surface area contributed by atoms with Gasteiger partial charge in [-0.3, -0.25) is 24.6 Å². The number of ether oxygens (including phenoxy) is 2. The van der Waals surface area contributed by atoms with E-state index in [1.54, 1.807) is 0 Å². The number of nitrogens with two attached hydrogens (primary N) is 1. The largest absolute Gasteiger partial charge is 0.394 e. The Morgan fingerprint density at radius 3 is 2.21 bits per heavy atom. The first kappa shape index (κ1) is 30.9. The van der Waals surface area contributed by atoms with Crippen LogP contribution in [0, 0.1) is 0 Å². The van der Waals surface area contributed by atoms with Gasteiger partial charge in [-0.2, -0.15) is 0 Å². The molecule has 0 heterocycles. The van der Waals surface area contributed by atoms with Gasteiger partial charge in [-0.25, -0.2) is 10.2 Å². The molecule has 0 aromatic carbocycles. The first-order chi connectivity index (χ1) is 16.0. The lowest BCUT2D eigenvalue weighted by atomic mass is 10.1. The number of nitrogens with one attached hydrogen (secondary N) is 6. The molecule has 0 saturated heterocycles. The molecular weight excluding hydrogens is 458 g/mol. The molecule has 0 aliphatic rings. The Morgan fingerprint density at radius 1 is 1.00 bits per heavy atom. The zero-order chi connectivity index (χ0) is 26.1. The van der Waals surface area contributed by atoms with Gasteiger partial charge in [0.25, 0.3) is 5.91 Å². The summed E-state index contributed by atoms with van der Waals surface area (Å²) >= 11 is 0. The fourth-order valence-corrected chi connectivity index (χ4v) is 2.45. The molecule has 4 atom stereocenters. The lowest BCUT2D eigenvalue weighted by molar-refractivity contribution is -0.127. The summed E-state index contributed by atoms with van der Waals surface area (Å²) in [6, 6.07) is -4.58. The van der Waals surface area contributed by atoms with Gasteiger partial charge in [0.05, 0.1) is 31.8 Å². The predicted molar refractivity (Wildman–Crippen MR) is 117 cm³/mol. The molecule has 0 spiro atoms. The first-order valence-electron chi connectivity index (χ1n) is 10.3. The summed E-state index contributed by atoms with van der Waals surface area (Å²) in [6.07, 6.45) is -1.85. The van der Waals surface area contributed by atoms with E-state index < -0.39 is 66.9 Å². The molecule has 34 heavy (non-hydrogen) atoms. The number of carbonyl (C=O) groups excluding carboxylic acids is 5. The quantitative estimate of drug-likeness (QED) is 0.0688. The maximum atomic E-state index is 12.4. The first-order valence-corrected chi connectivity index (χ1v) is 10.3. The fourth-order valence-electron chi connectivity index (χ4n) is 2.45. The molecular formula is C18H35N7O9. The summed E-state index contributed by atoms with van der Waals surface area (Å²) in [5, 5.41) is 28.4. The van der Waals surface area contributed by atoms with Gasteiger partial charge in [0, 0.05) is 27.3 Å². The Kier molecular flexibility index (Phi) is 15.9. The topological polar surface area (TPSA) is 242 Å². The zero-order valence-corrected chi connectivity index (χ0v) is 19.4. The number of rotatable bonds is 17. The molecule has 0 radical (unpaired) electrons. The van der Waals surface area contributed by atoms with Gasteiger partial charge in [0.15, 0.2) is 0 Å². The molecule has 0 rings (SSSR count). The number of methoxy groups -OCH3 is 2. The molecule has 0 aliphatic heterocycles. The van der Waals surface area contributed by atoms with Gasteiger partial charge in [0.2, 0.25) is 17.7 Å². The van der Waals surface area contributed by atoms with Gasteiger partial charge in [0.1, 0.15) is 18.7 Å². The highest BCUT2D eigenvalue weighted by Gasteiger charge is 2.28. The molecule has 0 saturated carbocycles. The molecule has 6 amide bonds. The SMILES string of the molecule is COCCNC(=O)[C@@H](NC(=O)N[C@@H](CC(N)=O)C(=O)NNC[C@H](CO)NC(=O)COC)C(C)O. The van der Waals surface area contributed by atoms with Crippen LogP contribution in [0.1, 0.15) is 13.3 Å². The molecule has 0 bridgehead atoms. The van der Waals surface area contributed by atoms with Gasteiger partial charge >= 0.3 is 6.03 Å². The Morgan fingerprint density at radius 2 is 1.68 bits per heavy atom. The van der Waals surface area contributed by atoms with Gasteiger partial charge in [-0.1, -0.05) is 0 Å². The van der Waals surface area contributed by atoms with Crippen LogP contribution in [-0.4, -0.2) is 111 Å². The van der Waals surface area contributed by atoms with Crippen LogP contribution in [0.5, 0.6) is 0 Å². The summed E-state index contributed by atoms with van der Waals surface area (Å²) in [6.45, 7) is 0.865. The van der Waals surface area contributed by atoms with E-state index in [0.717, 1.165) is 0 Å². The van der Waals surface area contributed by atoms with Crippen molar-refractivity contribution < 1.29 is 43.7 Å². The average molecular weight is 494 g/mol. The maximum absolute atomic E-state index is 12.4. The van der Waals surface area contributed by atoms with E-state index >= 15 is 0 Å². The number of amides is 6. The van der Waals surface area contributed by atoms with Crippen LogP contribution >= 0.6 is 0 Å². The minimum atomic E-state index is -1.44. The van der Waals surface area contributed by atoms with Gasteiger partial charge < -0.3 is 46.7 Å². The lowest BCUT2D eigenvalue weighted by Crippen LogP contribution is -2.59. The van der Waals surface area contributed by atoms with Crippen LogP contribution in [0.25, 0.3) is 0 Å². The minimum absolute atomic E-state index is 0.0983. The molecule has 0 aromatic rings. The van der Waals surface area contributed by atoms with Crippen LogP contribution in [0.3, 0.4) is 0 Å². The van der Waals surface area contributed by atoms with Crippen molar-refractivity contribution in [2.24, 2.45) is 5.73 Å². The van der Waals surface area contributed by atoms with Crippen molar-refractivity contribution in [3.8, 4) is 0 Å². The third-order valence-electron chi connectivity index (χ3n) is 4.10. The van der Waals surface area contributed by atoms with E-state index in [-0.39, 0.29) is 26.3 Å². The fraction of sp³-hybridized carbons (Fsp3) is 0.722. The summed E-state index contributed by atoms with van der Waals surface area (Å²) < 4.78 is 9.46. The standard InChI is InChI=1S/C18H35N7O9/c1-10(27)15(17(31)20-4-5-33-2)24-18(32)23-12(6-13(19)28)16(30)25-21-7-11(8-26)22-14(29)9-34-3/h10-12,15,21,26-27H,4-9H2,1-3H3,(H2,19,28)(H,20,31)(H,22,29)(H,25,30)(H2,23,24,32)/t10?,11-,12+,15+/m1/s1. The molecule has 0 aliphatic carbocycles. The number of hydrazine groups is 1. The maximum Gasteiger partial charge on any atom is 0.316 e. The Balaban J connectivity index is 4.91. The van der Waals surface area contributed by atoms with E-state index in [2.05, 4.69) is 36.9 Å². The van der Waals surface area contributed by atoms with Crippen molar-refractivity contribution in [2.45, 2.75) is 37.6 Å². The number of aliphatic hydroxyl groups excluding tert-OH is 2. The Labute approximate surface area is 196 Å². The molecule has 1 unspecified atom stereocenters. The number of hydrogen-bond acceptors (Lipinski definition) is 10. The summed E-state index contributed by atoms with van der Waals surface area (Å²) in [7, 11) is 2.76. The van der Waals surface area contributed by atoms with E-state index in [1.165, 1.54) is 21.1 Å². The van der Waals surface area contributed by atoms with E-state index in [4.69, 9.17) is 10.5 Å². The van der Waals surface area contributed by atoms with Crippen LogP contribution in [0.4, 0.5) is 4.79 Å². The normalized spacial score (nSPS) is 14.1. The lowest BCUT2D eigenvalue weighted by Gasteiger charge is -2.23. The van der Waals surface area contributed by atoms with Crippen LogP contribution in [0.15, 0.2) is 0 Å². The number of urea groups is 1. The van der Waals surface area contributed by atoms with E-state index in [9.17, 15) is 34.2 Å². The number of carbonyl (C=O) groups is 5. The second-order valence-corrected chi connectivity index (χ2v) is 7.09. The van der Waals surface area contributed by atoms with E-state index in [0.29, 0.717) is 0 Å². The van der Waals surface area contributed by atoms with Crippen LogP contribution < -0.4 is 37.9 Å². The third-order valence-corrected chi connectivity index (χ3v) is 4.10. The molecule has 196 valence electrons. The predicted octanol–water partition coefficient (Wildman–Crippen LogP) is -5.21. The van der Waals surface area contributed by atoms with Crippen molar-refractivity contribution in [1.82, 2.24) is 32.1 Å². The summed E-state index contributed by atoms with van der Waals surface area (Å²) in [5.74, 6) is -2.94. The molecule has 0 aromatic heterocycles. The summed E-state index contributed by atoms with van der Waals surface area (Å²) in [5.41, 5.74) is 9.82. The van der Waals surface area contributed by atoms with Crippen molar-refractivity contribution >= 4 is 29.7 Å². The van der Waals surface area contributed by atoms with Gasteiger partial charge in [-0.05, 0) is 6.92 Å². The van der Waals surface area contributed by atoms with Crippen molar-refractivity contribution in [3.05, 3.63) is 0 Å². The highest BCUT2D eigenvalue weighted by atomic mass is 16.5. The Hall–Kier alpha value is -3.05. The third kappa shape index (κ3) is 13.5. The minimum Gasteiger partial charge on any atom is -0.394 e. The Bertz CT molecular complexity index is 678. The monoisotopic (exact) mass is 493 g/mol. The second-order valence-electron chi connectivity index (χ2n) is 7.09. The average Bonchev–Trinajstić information content (AvgIpc) is 2.75. The smallest absolute Gasteiger partial charge is 0.316 e. The highest BCUT2D eigenvalue weighted by Crippen LogP contribution is 1.96. The van der Waals surface area contributed by atoms with Crippen LogP contribution in [0.2, 0.25) is 0 Å². The van der Waals surface area contributed by atoms with Crippen molar-refractivity contribution in [1.29, 1.82) is 0 Å². The second kappa shape index (κ2) is 17.4. The van der Waals surface area contributed by atoms with Crippen molar-refractivity contribution in [3.63, 3.8) is 0 Å². The molecule has 10 N–H and O–H groups in total. The zero-order valence-electron chi connectivity index (χ0n) is 19.4. The van der Waals surface area contributed by atoms with Crippen molar-refractivity contribution in [2.75, 3.05) is 47.1 Å². The molecule has 16 nitrogen and oxygen atoms in total. The molecule has 16 heteroatoms.